The Bertz CT molecular complexity index is 5500. The molecule has 2 aromatic heterocycles. The molecule has 96 heavy (non-hydrogen) atoms. The van der Waals surface area contributed by atoms with Crippen molar-refractivity contribution in [3.63, 3.8) is 0 Å². The molecule has 0 unspecified atom stereocenters. The maximum atomic E-state index is 5.51. The van der Waals surface area contributed by atoms with Crippen LogP contribution in [0, 0.1) is 0 Å². The predicted molar refractivity (Wildman–Crippen MR) is 397 cm³/mol. The van der Waals surface area contributed by atoms with E-state index in [1.54, 1.807) is 0 Å². The Kier molecular flexibility index (Phi) is 12.7. The minimum absolute atomic E-state index is 0.0722. The van der Waals surface area contributed by atoms with Crippen LogP contribution < -0.4 is 0 Å². The zero-order chi connectivity index (χ0) is 65.0. The minimum atomic E-state index is -0.259. The van der Waals surface area contributed by atoms with Gasteiger partial charge >= 0.3 is 0 Å². The van der Waals surface area contributed by atoms with Crippen molar-refractivity contribution in [1.29, 1.82) is 0 Å². The van der Waals surface area contributed by atoms with E-state index in [-0.39, 0.29) is 21.7 Å². The molecule has 2 heterocycles. The first-order valence-corrected chi connectivity index (χ1v) is 33.8. The van der Waals surface area contributed by atoms with Crippen molar-refractivity contribution in [2.24, 2.45) is 0 Å². The summed E-state index contributed by atoms with van der Waals surface area (Å²) >= 11 is 0. The van der Waals surface area contributed by atoms with E-state index in [2.05, 4.69) is 334 Å². The van der Waals surface area contributed by atoms with E-state index in [9.17, 15) is 0 Å². The summed E-state index contributed by atoms with van der Waals surface area (Å²) in [6.45, 7) is 19.0. The van der Waals surface area contributed by atoms with Crippen LogP contribution in [-0.2, 0) is 21.7 Å². The van der Waals surface area contributed by atoms with Gasteiger partial charge in [0.05, 0.1) is 22.8 Å². The molecular formula is C92H70N4. The fraction of sp³-hybridized carbons (Fsp3) is 0.130. The zero-order valence-electron chi connectivity index (χ0n) is 55.3. The summed E-state index contributed by atoms with van der Waals surface area (Å²) in [5.41, 5.74) is 37.3. The molecule has 4 nitrogen and oxygen atoms in total. The van der Waals surface area contributed by atoms with Crippen LogP contribution in [0.4, 0.5) is 0 Å². The molecule has 14 aromatic rings. The fourth-order valence-corrected chi connectivity index (χ4v) is 16.8. The average molecular weight is 1230 g/mol. The average Bonchev–Trinajstić information content (AvgIpc) is 1.58. The Hall–Kier alpha value is -11.2. The second-order valence-corrected chi connectivity index (χ2v) is 28.9. The molecule has 0 bridgehead atoms. The quantitative estimate of drug-likeness (QED) is 0.145. The Morgan fingerprint density at radius 2 is 0.479 bits per heavy atom. The smallest absolute Gasteiger partial charge is 0.161 e. The van der Waals surface area contributed by atoms with Gasteiger partial charge in [-0.3, -0.25) is 0 Å². The lowest BCUT2D eigenvalue weighted by Crippen LogP contribution is -2.15. The minimum Gasteiger partial charge on any atom is -0.228 e. The second kappa shape index (κ2) is 21.2. The lowest BCUT2D eigenvalue weighted by Gasteiger charge is -2.23. The summed E-state index contributed by atoms with van der Waals surface area (Å²) in [6.07, 6.45) is 0. The predicted octanol–water partition coefficient (Wildman–Crippen LogP) is 23.5. The Balaban J connectivity index is 0.662. The number of fused-ring (bicyclic) bond motifs is 12. The van der Waals surface area contributed by atoms with E-state index >= 15 is 0 Å². The molecule has 0 saturated heterocycles. The largest absolute Gasteiger partial charge is 0.228 e. The van der Waals surface area contributed by atoms with E-state index in [4.69, 9.17) is 19.9 Å². The summed E-state index contributed by atoms with van der Waals surface area (Å²) in [4.78, 5) is 21.6. The molecular weight excluding hydrogens is 1160 g/mol. The maximum Gasteiger partial charge on any atom is 0.161 e. The van der Waals surface area contributed by atoms with Gasteiger partial charge in [-0.2, -0.15) is 0 Å². The van der Waals surface area contributed by atoms with Gasteiger partial charge in [-0.05, 0) is 159 Å². The first kappa shape index (κ1) is 57.5. The van der Waals surface area contributed by atoms with Gasteiger partial charge in [-0.25, -0.2) is 19.9 Å². The second-order valence-electron chi connectivity index (χ2n) is 28.9. The number of hydrogen-bond acceptors (Lipinski definition) is 4. The summed E-state index contributed by atoms with van der Waals surface area (Å²) in [5.74, 6) is 1.45. The van der Waals surface area contributed by atoms with E-state index < -0.39 is 0 Å². The van der Waals surface area contributed by atoms with Gasteiger partial charge in [-0.15, -0.1) is 0 Å². The third kappa shape index (κ3) is 8.74. The van der Waals surface area contributed by atoms with Crippen molar-refractivity contribution < 1.29 is 0 Å². The number of hydrogen-bond donors (Lipinski definition) is 0. The van der Waals surface area contributed by atoms with Crippen molar-refractivity contribution in [2.75, 3.05) is 0 Å². The molecule has 0 aliphatic heterocycles. The van der Waals surface area contributed by atoms with Crippen LogP contribution >= 0.6 is 0 Å². The maximum absolute atomic E-state index is 5.51. The standard InChI is InChI=1S/C92H70N4/c1-89(2)72-33-19-18-29-66(72)84-64(30-20-34-74(84)89)63-43-47-68-79(52-63)92(7,8)76-36-22-32-70(86(68)76)88-95-82(58-27-16-11-17-28-58)54-83(96-88)59-39-37-55(38-40-59)60-44-48-73-71(49-60)65-45-41-61(50-77(65)90(73,3)4)62-42-46-67-78(51-62)91(5,6)75-35-21-31-69(85(67)75)87-93-80(56-23-12-9-13-24-56)53-81(94-87)57-25-14-10-15-26-57/h9-54H,1-8H3. The normalized spacial score (nSPS) is 14.8. The molecule has 0 saturated carbocycles. The summed E-state index contributed by atoms with van der Waals surface area (Å²) < 4.78 is 0. The third-order valence-corrected chi connectivity index (χ3v) is 22.0. The van der Waals surface area contributed by atoms with Crippen LogP contribution in [0.25, 0.3) is 146 Å². The van der Waals surface area contributed by atoms with Crippen LogP contribution in [0.5, 0.6) is 0 Å². The number of benzene rings is 12. The molecule has 458 valence electrons. The van der Waals surface area contributed by atoms with Crippen LogP contribution in [0.1, 0.15) is 99.9 Å². The Labute approximate surface area is 562 Å². The van der Waals surface area contributed by atoms with Gasteiger partial charge in [0.15, 0.2) is 11.6 Å². The molecule has 0 atom stereocenters. The molecule has 12 aromatic carbocycles. The molecule has 18 rings (SSSR count). The van der Waals surface area contributed by atoms with E-state index in [1.165, 1.54) is 117 Å². The third-order valence-electron chi connectivity index (χ3n) is 22.0. The first-order valence-electron chi connectivity index (χ1n) is 33.8. The summed E-state index contributed by atoms with van der Waals surface area (Å²) in [5, 5.41) is 0. The van der Waals surface area contributed by atoms with E-state index in [0.29, 0.717) is 0 Å². The zero-order valence-corrected chi connectivity index (χ0v) is 55.3. The molecule has 0 N–H and O–H groups in total. The molecule has 4 aliphatic rings. The summed E-state index contributed by atoms with van der Waals surface area (Å²) in [7, 11) is 0. The van der Waals surface area contributed by atoms with Crippen LogP contribution in [0.15, 0.2) is 279 Å². The van der Waals surface area contributed by atoms with Crippen molar-refractivity contribution >= 4 is 0 Å². The molecule has 0 fully saturated rings. The number of rotatable bonds is 9. The van der Waals surface area contributed by atoms with Gasteiger partial charge in [0.1, 0.15) is 0 Å². The Morgan fingerprint density at radius 3 is 0.979 bits per heavy atom. The Morgan fingerprint density at radius 1 is 0.177 bits per heavy atom. The van der Waals surface area contributed by atoms with Crippen molar-refractivity contribution in [3.05, 3.63) is 324 Å². The number of aromatic nitrogens is 4. The van der Waals surface area contributed by atoms with Crippen LogP contribution in [-0.4, -0.2) is 19.9 Å². The van der Waals surface area contributed by atoms with Gasteiger partial charge in [0.25, 0.3) is 0 Å². The monoisotopic (exact) mass is 1230 g/mol. The van der Waals surface area contributed by atoms with E-state index in [0.717, 1.165) is 73.4 Å². The molecule has 0 spiro atoms. The molecule has 0 radical (unpaired) electrons. The summed E-state index contributed by atoms with van der Waals surface area (Å²) in [6, 6.07) is 102. The highest BCUT2D eigenvalue weighted by atomic mass is 14.9. The molecule has 4 heteroatoms. The lowest BCUT2D eigenvalue weighted by molar-refractivity contribution is 0.659. The van der Waals surface area contributed by atoms with Gasteiger partial charge in [0.2, 0.25) is 0 Å². The van der Waals surface area contributed by atoms with Crippen molar-refractivity contribution in [1.82, 2.24) is 19.9 Å². The van der Waals surface area contributed by atoms with Crippen molar-refractivity contribution in [2.45, 2.75) is 77.0 Å². The highest BCUT2D eigenvalue weighted by molar-refractivity contribution is 5.98. The van der Waals surface area contributed by atoms with Gasteiger partial charge in [0, 0.05) is 55.0 Å². The topological polar surface area (TPSA) is 51.6 Å². The van der Waals surface area contributed by atoms with Crippen LogP contribution in [0.3, 0.4) is 0 Å². The fourth-order valence-electron chi connectivity index (χ4n) is 16.8. The highest BCUT2D eigenvalue weighted by Gasteiger charge is 2.42. The van der Waals surface area contributed by atoms with E-state index in [1.807, 2.05) is 0 Å². The van der Waals surface area contributed by atoms with Crippen molar-refractivity contribution in [3.8, 4) is 146 Å². The number of nitrogens with zero attached hydrogens (tertiary/aromatic N) is 4. The first-order chi connectivity index (χ1) is 46.6. The lowest BCUT2D eigenvalue weighted by atomic mass is 9.80. The highest BCUT2D eigenvalue weighted by Crippen LogP contribution is 2.58. The molecule has 4 aliphatic carbocycles. The van der Waals surface area contributed by atoms with Gasteiger partial charge < -0.3 is 0 Å². The van der Waals surface area contributed by atoms with Crippen LogP contribution in [0.2, 0.25) is 0 Å². The molecule has 0 amide bonds. The van der Waals surface area contributed by atoms with Gasteiger partial charge in [-0.1, -0.05) is 298 Å². The SMILES string of the molecule is CC1(C)c2ccc(-c3ccc(-c4cc(-c5ccccc5)nc(-c5cccc6c5-c5ccc(-c7cccc8c7-c7ccccc7C8(C)C)cc5C6(C)C)n4)cc3)cc2-c2ccc(-c3ccc4c(c3)C(C)(C)c3cccc(-c5nc(-c6ccccc6)cc(-c6ccccc6)n5)c3-4)cc21.